The van der Waals surface area contributed by atoms with Crippen molar-refractivity contribution in [2.75, 3.05) is 12.3 Å². The molecule has 1 aromatic carbocycles. The summed E-state index contributed by atoms with van der Waals surface area (Å²) in [6.45, 7) is -0.413. The van der Waals surface area contributed by atoms with Gasteiger partial charge in [0.2, 0.25) is 5.88 Å². The second kappa shape index (κ2) is 8.33. The van der Waals surface area contributed by atoms with Gasteiger partial charge in [0.15, 0.2) is 11.9 Å². The van der Waals surface area contributed by atoms with Gasteiger partial charge in [0.25, 0.3) is 0 Å². The first kappa shape index (κ1) is 21.4. The maximum atomic E-state index is 11.0. The van der Waals surface area contributed by atoms with Crippen molar-refractivity contribution in [1.29, 1.82) is 0 Å². The van der Waals surface area contributed by atoms with Gasteiger partial charge in [-0.05, 0) is 5.56 Å². The Balaban J connectivity index is 1.64. The van der Waals surface area contributed by atoms with Gasteiger partial charge >= 0.3 is 10.3 Å². The molecule has 6 N–H and O–H groups in total. The minimum absolute atomic E-state index is 0.0986. The predicted molar refractivity (Wildman–Crippen MR) is 105 cm³/mol. The van der Waals surface area contributed by atoms with E-state index < -0.39 is 41.5 Å². The van der Waals surface area contributed by atoms with Gasteiger partial charge in [-0.15, -0.1) is 5.10 Å². The number of fused-ring (bicyclic) bond motifs is 1. The summed E-state index contributed by atoms with van der Waals surface area (Å²) < 4.78 is 39.1. The van der Waals surface area contributed by atoms with Crippen molar-refractivity contribution in [1.82, 2.24) is 19.7 Å². The highest BCUT2D eigenvalue weighted by Gasteiger charge is 2.45. The minimum atomic E-state index is -4.26. The monoisotopic (exact) mass is 452 g/mol. The molecule has 3 heterocycles. The number of aliphatic hydroxyl groups excluding tert-OH is 2. The van der Waals surface area contributed by atoms with Crippen LogP contribution in [0.3, 0.4) is 0 Å². The number of rotatable bonds is 7. The van der Waals surface area contributed by atoms with Crippen molar-refractivity contribution in [3.05, 3.63) is 42.2 Å². The zero-order valence-electron chi connectivity index (χ0n) is 16.0. The molecule has 0 unspecified atom stereocenters. The lowest BCUT2D eigenvalue weighted by Gasteiger charge is -2.15. The minimum Gasteiger partial charge on any atom is -0.471 e. The second-order valence-corrected chi connectivity index (χ2v) is 8.03. The van der Waals surface area contributed by atoms with Crippen LogP contribution in [0, 0.1) is 0 Å². The molecular weight excluding hydrogens is 432 g/mol. The smallest absolute Gasteiger partial charge is 0.333 e. The third-order valence-electron chi connectivity index (χ3n) is 4.68. The van der Waals surface area contributed by atoms with Crippen LogP contribution in [0.5, 0.6) is 5.88 Å². The van der Waals surface area contributed by atoms with Crippen molar-refractivity contribution in [2.24, 2.45) is 5.14 Å². The van der Waals surface area contributed by atoms with Gasteiger partial charge in [0, 0.05) is 0 Å². The third kappa shape index (κ3) is 4.43. The molecule has 0 radical (unpaired) electrons. The van der Waals surface area contributed by atoms with E-state index in [1.54, 1.807) is 0 Å². The molecule has 1 fully saturated rings. The third-order valence-corrected chi connectivity index (χ3v) is 5.14. The average molecular weight is 452 g/mol. The van der Waals surface area contributed by atoms with E-state index in [0.717, 1.165) is 5.56 Å². The Hall–Kier alpha value is -2.88. The predicted octanol–water partition coefficient (Wildman–Crippen LogP) is -1.17. The fourth-order valence-corrected chi connectivity index (χ4v) is 3.52. The molecule has 166 valence electrons. The van der Waals surface area contributed by atoms with E-state index in [1.807, 2.05) is 30.3 Å². The highest BCUT2D eigenvalue weighted by molar-refractivity contribution is 7.84. The van der Waals surface area contributed by atoms with Crippen molar-refractivity contribution < 1.29 is 32.3 Å². The van der Waals surface area contributed by atoms with Gasteiger partial charge < -0.3 is 25.4 Å². The molecule has 3 aromatic rings. The average Bonchev–Trinajstić information content (AvgIpc) is 3.24. The van der Waals surface area contributed by atoms with Crippen molar-refractivity contribution in [2.45, 2.75) is 31.1 Å². The van der Waals surface area contributed by atoms with Crippen molar-refractivity contribution in [3.63, 3.8) is 0 Å². The molecule has 14 heteroatoms. The molecule has 4 atom stereocenters. The van der Waals surface area contributed by atoms with Crippen LogP contribution in [-0.4, -0.2) is 63.3 Å². The normalized spacial score (nSPS) is 24.0. The van der Waals surface area contributed by atoms with Crippen LogP contribution in [-0.2, 0) is 25.8 Å². The van der Waals surface area contributed by atoms with E-state index in [9.17, 15) is 18.6 Å². The van der Waals surface area contributed by atoms with Crippen LogP contribution in [0.25, 0.3) is 11.0 Å². The number of anilines is 1. The summed E-state index contributed by atoms with van der Waals surface area (Å²) in [4.78, 5) is 8.09. The lowest BCUT2D eigenvalue weighted by Crippen LogP contribution is -2.35. The maximum Gasteiger partial charge on any atom is 0.333 e. The summed E-state index contributed by atoms with van der Waals surface area (Å²) in [6.07, 6.45) is -4.16. The quantitative estimate of drug-likeness (QED) is 0.337. The number of hydrogen-bond acceptors (Lipinski definition) is 11. The highest BCUT2D eigenvalue weighted by atomic mass is 32.2. The Bertz CT molecular complexity index is 1170. The molecule has 1 saturated heterocycles. The summed E-state index contributed by atoms with van der Waals surface area (Å²) in [5.74, 6) is 0.202. The lowest BCUT2D eigenvalue weighted by molar-refractivity contribution is -0.0531. The Morgan fingerprint density at radius 3 is 2.61 bits per heavy atom. The van der Waals surface area contributed by atoms with Gasteiger partial charge in [0.05, 0.1) is 6.61 Å². The maximum absolute atomic E-state index is 11.0. The summed E-state index contributed by atoms with van der Waals surface area (Å²) in [5.41, 5.74) is 7.06. The van der Waals surface area contributed by atoms with Crippen LogP contribution in [0.4, 0.5) is 5.82 Å². The molecule has 0 spiro atoms. The fourth-order valence-electron chi connectivity index (χ4n) is 3.20. The van der Waals surface area contributed by atoms with Gasteiger partial charge in [-0.2, -0.15) is 8.42 Å². The van der Waals surface area contributed by atoms with Crippen LogP contribution < -0.4 is 15.6 Å². The number of nitrogens with zero attached hydrogens (tertiary/aromatic N) is 4. The lowest BCUT2D eigenvalue weighted by atomic mass is 10.1. The molecule has 0 aliphatic carbocycles. The summed E-state index contributed by atoms with van der Waals surface area (Å²) >= 11 is 0. The van der Waals surface area contributed by atoms with Crippen LogP contribution >= 0.6 is 0 Å². The fraction of sp³-hybridized carbons (Fsp3) is 0.353. The number of hydrogen-bond donors (Lipinski definition) is 4. The number of aliphatic hydroxyl groups is 2. The van der Waals surface area contributed by atoms with E-state index in [2.05, 4.69) is 19.2 Å². The molecule has 31 heavy (non-hydrogen) atoms. The van der Waals surface area contributed by atoms with Crippen LogP contribution in [0.2, 0.25) is 0 Å². The zero-order valence-corrected chi connectivity index (χ0v) is 16.8. The summed E-state index contributed by atoms with van der Waals surface area (Å²) in [6, 6.07) is 9.34. The number of nitrogen functional groups attached to an aromatic ring is 1. The Morgan fingerprint density at radius 2 is 1.90 bits per heavy atom. The summed E-state index contributed by atoms with van der Waals surface area (Å²) in [7, 11) is -4.26. The van der Waals surface area contributed by atoms with Crippen LogP contribution in [0.15, 0.2) is 36.7 Å². The van der Waals surface area contributed by atoms with E-state index in [4.69, 9.17) is 20.3 Å². The molecule has 4 rings (SSSR count). The molecule has 13 nitrogen and oxygen atoms in total. The summed E-state index contributed by atoms with van der Waals surface area (Å²) in [5, 5.41) is 30.1. The Labute approximate surface area is 176 Å². The molecule has 1 aliphatic heterocycles. The van der Waals surface area contributed by atoms with Gasteiger partial charge in [-0.1, -0.05) is 30.3 Å². The SMILES string of the molecule is Nc1ncnc2c1c(OCc1ccccc1)nn2[C@@H]1O[C@H](COS(N)(=O)=O)[C@@H](O)[C@H]1O. The largest absolute Gasteiger partial charge is 0.471 e. The van der Waals surface area contributed by atoms with Crippen LogP contribution in [0.1, 0.15) is 11.8 Å². The number of benzene rings is 1. The zero-order chi connectivity index (χ0) is 22.2. The first-order valence-corrected chi connectivity index (χ1v) is 10.6. The molecule has 0 amide bonds. The second-order valence-electron chi connectivity index (χ2n) is 6.81. The van der Waals surface area contributed by atoms with E-state index in [-0.39, 0.29) is 24.0 Å². The first-order valence-electron chi connectivity index (χ1n) is 9.09. The van der Waals surface area contributed by atoms with Crippen molar-refractivity contribution in [3.8, 4) is 5.88 Å². The molecular formula is C17H20N6O7S. The van der Waals surface area contributed by atoms with E-state index in [1.165, 1.54) is 11.0 Å². The molecule has 1 aliphatic rings. The Kier molecular flexibility index (Phi) is 5.74. The number of aromatic nitrogens is 4. The molecule has 2 aromatic heterocycles. The van der Waals surface area contributed by atoms with Gasteiger partial charge in [-0.3, -0.25) is 4.18 Å². The van der Waals surface area contributed by atoms with E-state index >= 15 is 0 Å². The number of nitrogens with two attached hydrogens (primary N) is 2. The van der Waals surface area contributed by atoms with Crippen molar-refractivity contribution >= 4 is 27.2 Å². The topological polar surface area (TPSA) is 198 Å². The standard InChI is InChI=1S/C17H20N6O7S/c18-14-11-15(21-8-20-14)23(22-16(11)28-6-9-4-2-1-3-5-9)17-13(25)12(24)10(30-17)7-29-31(19,26)27/h1-5,8,10,12-13,17,24-25H,6-7H2,(H2,18,20,21)(H2,19,26,27)/t10-,12-,13-,17-/m1/s1. The van der Waals surface area contributed by atoms with Gasteiger partial charge in [-0.25, -0.2) is 19.8 Å². The first-order chi connectivity index (χ1) is 14.7. The van der Waals surface area contributed by atoms with E-state index in [0.29, 0.717) is 5.39 Å². The molecule has 0 bridgehead atoms. The number of ether oxygens (including phenoxy) is 2. The Morgan fingerprint density at radius 1 is 1.16 bits per heavy atom. The van der Waals surface area contributed by atoms with Gasteiger partial charge in [0.1, 0.15) is 42.5 Å². The highest BCUT2D eigenvalue weighted by Crippen LogP contribution is 2.35. The molecule has 0 saturated carbocycles.